The molecule has 1 N–H and O–H groups in total. The van der Waals surface area contributed by atoms with Crippen molar-refractivity contribution in [3.05, 3.63) is 59.2 Å². The molecule has 0 radical (unpaired) electrons. The van der Waals surface area contributed by atoms with E-state index in [4.69, 9.17) is 9.47 Å². The minimum absolute atomic E-state index is 0.00836. The second-order valence-electron chi connectivity index (χ2n) is 9.47. The molecule has 0 aromatic heterocycles. The second-order valence-corrected chi connectivity index (χ2v) is 9.47. The summed E-state index contributed by atoms with van der Waals surface area (Å²) in [6.07, 6.45) is 4.86. The highest BCUT2D eigenvalue weighted by atomic mass is 16.5. The number of phenolic OH excluding ortho intramolecular Hbond substituents is 1. The number of benzene rings is 2. The highest BCUT2D eigenvalue weighted by Gasteiger charge is 2.42. The first-order valence-electron chi connectivity index (χ1n) is 11.5. The number of Topliss-reactive ketones (excluding diaryl/α,β-unsaturated/α-hetero) is 1. The number of phenols is 1. The van der Waals surface area contributed by atoms with Crippen LogP contribution in [0.15, 0.2) is 42.5 Å². The number of aromatic hydroxyl groups is 1. The minimum Gasteiger partial charge on any atom is -0.507 e. The van der Waals surface area contributed by atoms with Gasteiger partial charge < -0.3 is 14.6 Å². The van der Waals surface area contributed by atoms with Crippen molar-refractivity contribution in [1.82, 2.24) is 0 Å². The topological polar surface area (TPSA) is 72.8 Å². The molecule has 2 aromatic carbocycles. The van der Waals surface area contributed by atoms with Gasteiger partial charge in [-0.2, -0.15) is 0 Å². The third-order valence-electron chi connectivity index (χ3n) is 6.40. The third-order valence-corrected chi connectivity index (χ3v) is 6.40. The quantitative estimate of drug-likeness (QED) is 0.370. The Morgan fingerprint density at radius 2 is 1.94 bits per heavy atom. The Labute approximate surface area is 190 Å². The molecule has 0 amide bonds. The zero-order chi connectivity index (χ0) is 23.1. The van der Waals surface area contributed by atoms with Crippen molar-refractivity contribution in [3.8, 4) is 11.5 Å². The van der Waals surface area contributed by atoms with Crippen molar-refractivity contribution in [2.24, 2.45) is 11.3 Å². The molecule has 2 atom stereocenters. The standard InChI is InChI=1S/C27H34O5/c1-19(9-7-12-20-10-5-4-6-11-20)32-22-15-21-17-27(2,3)23(13-8-14-31-18-28)26(30)25(21)24(29)16-22/h4-6,10-11,15-16,18-19,23,29H,7-9,12-14,17H2,1-3H3. The van der Waals surface area contributed by atoms with Crippen LogP contribution in [-0.4, -0.2) is 30.1 Å². The lowest BCUT2D eigenvalue weighted by atomic mass is 9.64. The lowest BCUT2D eigenvalue weighted by molar-refractivity contribution is -0.128. The number of fused-ring (bicyclic) bond motifs is 1. The number of hydrogen-bond donors (Lipinski definition) is 1. The molecule has 0 saturated carbocycles. The van der Waals surface area contributed by atoms with Crippen LogP contribution in [0, 0.1) is 11.3 Å². The molecule has 172 valence electrons. The van der Waals surface area contributed by atoms with E-state index in [0.717, 1.165) is 24.8 Å². The first-order chi connectivity index (χ1) is 15.3. The zero-order valence-electron chi connectivity index (χ0n) is 19.3. The van der Waals surface area contributed by atoms with Crippen molar-refractivity contribution < 1.29 is 24.2 Å². The largest absolute Gasteiger partial charge is 0.507 e. The van der Waals surface area contributed by atoms with E-state index in [2.05, 4.69) is 38.1 Å². The van der Waals surface area contributed by atoms with Gasteiger partial charge in [0.2, 0.25) is 0 Å². The molecular weight excluding hydrogens is 404 g/mol. The number of aryl methyl sites for hydroxylation is 1. The number of hydrogen-bond acceptors (Lipinski definition) is 5. The van der Waals surface area contributed by atoms with Crippen molar-refractivity contribution in [2.45, 2.75) is 65.4 Å². The maximum absolute atomic E-state index is 13.2. The molecule has 2 unspecified atom stereocenters. The molecule has 0 spiro atoms. The first kappa shape index (κ1) is 23.8. The maximum Gasteiger partial charge on any atom is 0.293 e. The van der Waals surface area contributed by atoms with Gasteiger partial charge in [-0.25, -0.2) is 0 Å². The normalized spacial score (nSPS) is 18.0. The molecule has 1 aliphatic rings. The molecule has 0 bridgehead atoms. The summed E-state index contributed by atoms with van der Waals surface area (Å²) in [5.74, 6) is 0.334. The lowest BCUT2D eigenvalue weighted by Gasteiger charge is -2.39. The van der Waals surface area contributed by atoms with E-state index in [0.29, 0.717) is 43.7 Å². The smallest absolute Gasteiger partial charge is 0.293 e. The summed E-state index contributed by atoms with van der Waals surface area (Å²) in [6.45, 7) is 6.93. The molecule has 32 heavy (non-hydrogen) atoms. The number of ketones is 1. The maximum atomic E-state index is 13.2. The number of ether oxygens (including phenoxy) is 2. The molecule has 5 heteroatoms. The predicted molar refractivity (Wildman–Crippen MR) is 124 cm³/mol. The van der Waals surface area contributed by atoms with Crippen molar-refractivity contribution in [3.63, 3.8) is 0 Å². The van der Waals surface area contributed by atoms with Crippen LogP contribution < -0.4 is 4.74 Å². The number of rotatable bonds is 11. The van der Waals surface area contributed by atoms with E-state index in [1.54, 1.807) is 6.07 Å². The molecule has 1 aliphatic carbocycles. The molecule has 5 nitrogen and oxygen atoms in total. The van der Waals surface area contributed by atoms with Gasteiger partial charge in [-0.15, -0.1) is 0 Å². The molecule has 0 fully saturated rings. The zero-order valence-corrected chi connectivity index (χ0v) is 19.3. The molecule has 0 aliphatic heterocycles. The summed E-state index contributed by atoms with van der Waals surface area (Å²) in [5, 5.41) is 10.7. The van der Waals surface area contributed by atoms with Gasteiger partial charge in [0.15, 0.2) is 5.78 Å². The average Bonchev–Trinajstić information content (AvgIpc) is 2.73. The molecule has 3 rings (SSSR count). The molecule has 2 aromatic rings. The van der Waals surface area contributed by atoms with Gasteiger partial charge in [0, 0.05) is 12.0 Å². The Balaban J connectivity index is 1.65. The van der Waals surface area contributed by atoms with Gasteiger partial charge in [0.25, 0.3) is 6.47 Å². The highest BCUT2D eigenvalue weighted by molar-refractivity contribution is 6.03. The molecular formula is C27H34O5. The Morgan fingerprint density at radius 3 is 2.66 bits per heavy atom. The van der Waals surface area contributed by atoms with Crippen molar-refractivity contribution in [1.29, 1.82) is 0 Å². The fraction of sp³-hybridized carbons (Fsp3) is 0.481. The Kier molecular flexibility index (Phi) is 7.94. The van der Waals surface area contributed by atoms with Gasteiger partial charge in [0.1, 0.15) is 11.5 Å². The predicted octanol–water partition coefficient (Wildman–Crippen LogP) is 5.52. The summed E-state index contributed by atoms with van der Waals surface area (Å²) in [6, 6.07) is 13.9. The van der Waals surface area contributed by atoms with Gasteiger partial charge in [-0.1, -0.05) is 44.2 Å². The van der Waals surface area contributed by atoms with Gasteiger partial charge in [-0.05, 0) is 68.1 Å². The van der Waals surface area contributed by atoms with Crippen LogP contribution in [-0.2, 0) is 22.4 Å². The molecule has 0 saturated heterocycles. The second kappa shape index (κ2) is 10.7. The van der Waals surface area contributed by atoms with E-state index in [1.807, 2.05) is 19.1 Å². The SMILES string of the molecule is CC(CCCc1ccccc1)Oc1cc(O)c2c(c1)CC(C)(C)C(CCCOC=O)C2=O. The van der Waals surface area contributed by atoms with Gasteiger partial charge >= 0.3 is 0 Å². The van der Waals surface area contributed by atoms with E-state index in [-0.39, 0.29) is 29.0 Å². The van der Waals surface area contributed by atoms with Crippen LogP contribution in [0.25, 0.3) is 0 Å². The summed E-state index contributed by atoms with van der Waals surface area (Å²) >= 11 is 0. The van der Waals surface area contributed by atoms with E-state index in [1.165, 1.54) is 5.56 Å². The Hall–Kier alpha value is -2.82. The average molecular weight is 439 g/mol. The van der Waals surface area contributed by atoms with Crippen molar-refractivity contribution >= 4 is 12.3 Å². The Bertz CT molecular complexity index is 919. The molecule has 0 heterocycles. The van der Waals surface area contributed by atoms with Gasteiger partial charge in [-0.3, -0.25) is 9.59 Å². The summed E-state index contributed by atoms with van der Waals surface area (Å²) < 4.78 is 10.9. The van der Waals surface area contributed by atoms with Gasteiger partial charge in [0.05, 0.1) is 18.3 Å². The summed E-state index contributed by atoms with van der Waals surface area (Å²) in [5.41, 5.74) is 2.32. The minimum atomic E-state index is -0.252. The van der Waals surface area contributed by atoms with E-state index >= 15 is 0 Å². The monoisotopic (exact) mass is 438 g/mol. The fourth-order valence-electron chi connectivity index (χ4n) is 4.76. The Morgan fingerprint density at radius 1 is 1.19 bits per heavy atom. The number of carbonyl (C=O) groups is 2. The van der Waals surface area contributed by atoms with Crippen LogP contribution in [0.3, 0.4) is 0 Å². The summed E-state index contributed by atoms with van der Waals surface area (Å²) in [7, 11) is 0. The summed E-state index contributed by atoms with van der Waals surface area (Å²) in [4.78, 5) is 23.6. The van der Waals surface area contributed by atoms with Crippen LogP contribution in [0.5, 0.6) is 11.5 Å². The van der Waals surface area contributed by atoms with Crippen LogP contribution in [0.1, 0.15) is 67.9 Å². The van der Waals surface area contributed by atoms with Crippen LogP contribution in [0.4, 0.5) is 0 Å². The van der Waals surface area contributed by atoms with E-state index in [9.17, 15) is 14.7 Å². The van der Waals surface area contributed by atoms with Crippen LogP contribution >= 0.6 is 0 Å². The fourth-order valence-corrected chi connectivity index (χ4v) is 4.76. The number of carbonyl (C=O) groups excluding carboxylic acids is 2. The lowest BCUT2D eigenvalue weighted by Crippen LogP contribution is -2.38. The first-order valence-corrected chi connectivity index (χ1v) is 11.5. The van der Waals surface area contributed by atoms with E-state index < -0.39 is 0 Å². The van der Waals surface area contributed by atoms with Crippen molar-refractivity contribution in [2.75, 3.05) is 6.61 Å². The third kappa shape index (κ3) is 5.90. The highest BCUT2D eigenvalue weighted by Crippen LogP contribution is 2.45. The van der Waals surface area contributed by atoms with Crippen LogP contribution in [0.2, 0.25) is 0 Å².